The van der Waals surface area contributed by atoms with Crippen LogP contribution in [0.2, 0.25) is 0 Å². The first kappa shape index (κ1) is 16.9. The number of amides is 1. The average Bonchev–Trinajstić information content (AvgIpc) is 2.41. The Labute approximate surface area is 111 Å². The molecule has 0 saturated heterocycles. The molecule has 0 radical (unpaired) electrons. The van der Waals surface area contributed by atoms with Crippen molar-refractivity contribution in [1.82, 2.24) is 10.2 Å². The third-order valence-corrected chi connectivity index (χ3v) is 3.69. The molecule has 0 aliphatic rings. The molecule has 0 aromatic rings. The highest BCUT2D eigenvalue weighted by molar-refractivity contribution is 5.85. The third-order valence-electron chi connectivity index (χ3n) is 3.69. The topological polar surface area (TPSA) is 56.1 Å². The molecule has 0 aromatic carbocycles. The van der Waals surface area contributed by atoms with Crippen molar-refractivity contribution in [3.63, 3.8) is 0 Å². The van der Waals surface area contributed by atoms with E-state index in [-0.39, 0.29) is 5.91 Å². The maximum atomic E-state index is 12.0. The summed E-state index contributed by atoms with van der Waals surface area (Å²) in [6.45, 7) is 11.8. The molecule has 1 N–H and O–H groups in total. The van der Waals surface area contributed by atoms with Gasteiger partial charge in [-0.05, 0) is 38.9 Å². The van der Waals surface area contributed by atoms with Gasteiger partial charge in [-0.2, -0.15) is 5.26 Å². The molecule has 0 atom stereocenters. The minimum atomic E-state index is -0.838. The summed E-state index contributed by atoms with van der Waals surface area (Å²) in [5.41, 5.74) is -0.838. The fourth-order valence-electron chi connectivity index (χ4n) is 1.99. The van der Waals surface area contributed by atoms with Gasteiger partial charge < -0.3 is 10.2 Å². The summed E-state index contributed by atoms with van der Waals surface area (Å²) in [5.74, 6) is -0.116. The van der Waals surface area contributed by atoms with E-state index < -0.39 is 5.41 Å². The van der Waals surface area contributed by atoms with Crippen LogP contribution >= 0.6 is 0 Å². The minimum Gasteiger partial charge on any atom is -0.355 e. The average molecular weight is 253 g/mol. The highest BCUT2D eigenvalue weighted by atomic mass is 16.2. The Hall–Kier alpha value is -1.08. The van der Waals surface area contributed by atoms with E-state index in [0.717, 1.165) is 26.1 Å². The summed E-state index contributed by atoms with van der Waals surface area (Å²) < 4.78 is 0. The normalized spacial score (nSPS) is 11.3. The Morgan fingerprint density at radius 2 is 1.78 bits per heavy atom. The van der Waals surface area contributed by atoms with Crippen LogP contribution in [-0.2, 0) is 4.79 Å². The molecule has 0 heterocycles. The molecule has 4 heteroatoms. The van der Waals surface area contributed by atoms with Gasteiger partial charge in [-0.1, -0.05) is 27.7 Å². The highest BCUT2D eigenvalue weighted by Crippen LogP contribution is 2.25. The van der Waals surface area contributed by atoms with Crippen LogP contribution in [0.1, 0.15) is 47.0 Å². The molecule has 0 aromatic heterocycles. The Morgan fingerprint density at radius 1 is 1.22 bits per heavy atom. The van der Waals surface area contributed by atoms with Gasteiger partial charge >= 0.3 is 0 Å². The number of nitrogens with zero attached hydrogens (tertiary/aromatic N) is 2. The lowest BCUT2D eigenvalue weighted by atomic mass is 9.83. The standard InChI is InChI=1S/C14H27N3O/c1-5-14(6-2,12-15)13(18)16-10-9-11-17(7-3)8-4/h5-11H2,1-4H3,(H,16,18). The largest absolute Gasteiger partial charge is 0.355 e. The smallest absolute Gasteiger partial charge is 0.240 e. The van der Waals surface area contributed by atoms with Crippen molar-refractivity contribution in [3.8, 4) is 6.07 Å². The molecular formula is C14H27N3O. The molecule has 0 fully saturated rings. The first-order chi connectivity index (χ1) is 8.60. The van der Waals surface area contributed by atoms with Crippen molar-refractivity contribution in [3.05, 3.63) is 0 Å². The van der Waals surface area contributed by atoms with E-state index in [1.807, 2.05) is 13.8 Å². The second-order valence-corrected chi connectivity index (χ2v) is 4.54. The number of nitrogens with one attached hydrogen (secondary N) is 1. The first-order valence-electron chi connectivity index (χ1n) is 7.02. The molecule has 104 valence electrons. The van der Waals surface area contributed by atoms with Gasteiger partial charge in [0.1, 0.15) is 5.41 Å². The molecule has 18 heavy (non-hydrogen) atoms. The fourth-order valence-corrected chi connectivity index (χ4v) is 1.99. The monoisotopic (exact) mass is 253 g/mol. The molecule has 4 nitrogen and oxygen atoms in total. The van der Waals surface area contributed by atoms with Gasteiger partial charge in [-0.25, -0.2) is 0 Å². The number of nitriles is 1. The molecule has 1 amide bonds. The van der Waals surface area contributed by atoms with Gasteiger partial charge in [0.2, 0.25) is 5.91 Å². The molecule has 0 saturated carbocycles. The van der Waals surface area contributed by atoms with Crippen molar-refractivity contribution in [1.29, 1.82) is 5.26 Å². The summed E-state index contributed by atoms with van der Waals surface area (Å²) in [5, 5.41) is 12.0. The van der Waals surface area contributed by atoms with Gasteiger partial charge in [0.05, 0.1) is 6.07 Å². The number of carbonyl (C=O) groups excluding carboxylic acids is 1. The maximum Gasteiger partial charge on any atom is 0.240 e. The van der Waals surface area contributed by atoms with Crippen LogP contribution in [0.5, 0.6) is 0 Å². The lowest BCUT2D eigenvalue weighted by molar-refractivity contribution is -0.128. The van der Waals surface area contributed by atoms with Crippen LogP contribution < -0.4 is 5.32 Å². The van der Waals surface area contributed by atoms with Crippen molar-refractivity contribution in [2.45, 2.75) is 47.0 Å². The number of carbonyl (C=O) groups is 1. The zero-order chi connectivity index (χ0) is 14.0. The third kappa shape index (κ3) is 4.66. The SMILES string of the molecule is CCN(CC)CCCNC(=O)C(C#N)(CC)CC. The quantitative estimate of drug-likeness (QED) is 0.641. The van der Waals surface area contributed by atoms with Crippen LogP contribution in [0.25, 0.3) is 0 Å². The number of hydrogen-bond donors (Lipinski definition) is 1. The van der Waals surface area contributed by atoms with E-state index in [2.05, 4.69) is 30.1 Å². The fraction of sp³-hybridized carbons (Fsp3) is 0.857. The van der Waals surface area contributed by atoms with Gasteiger partial charge in [-0.3, -0.25) is 4.79 Å². The van der Waals surface area contributed by atoms with E-state index in [0.29, 0.717) is 19.4 Å². The minimum absolute atomic E-state index is 0.116. The molecule has 0 bridgehead atoms. The highest BCUT2D eigenvalue weighted by Gasteiger charge is 2.34. The molecular weight excluding hydrogens is 226 g/mol. The lowest BCUT2D eigenvalue weighted by Gasteiger charge is -2.23. The lowest BCUT2D eigenvalue weighted by Crippen LogP contribution is -2.40. The van der Waals surface area contributed by atoms with E-state index >= 15 is 0 Å². The van der Waals surface area contributed by atoms with Crippen LogP contribution in [0, 0.1) is 16.7 Å². The van der Waals surface area contributed by atoms with Crippen LogP contribution in [0.4, 0.5) is 0 Å². The number of rotatable bonds is 9. The van der Waals surface area contributed by atoms with Gasteiger partial charge in [-0.15, -0.1) is 0 Å². The summed E-state index contributed by atoms with van der Waals surface area (Å²) >= 11 is 0. The van der Waals surface area contributed by atoms with Gasteiger partial charge in [0.15, 0.2) is 0 Å². The predicted molar refractivity (Wildman–Crippen MR) is 74.0 cm³/mol. The molecule has 0 unspecified atom stereocenters. The van der Waals surface area contributed by atoms with Crippen LogP contribution in [-0.4, -0.2) is 37.0 Å². The molecule has 0 spiro atoms. The summed E-state index contributed by atoms with van der Waals surface area (Å²) in [6.07, 6.45) is 2.08. The van der Waals surface area contributed by atoms with E-state index in [4.69, 9.17) is 5.26 Å². The van der Waals surface area contributed by atoms with Crippen molar-refractivity contribution < 1.29 is 4.79 Å². The summed E-state index contributed by atoms with van der Waals surface area (Å²) in [6, 6.07) is 2.16. The Kier molecular flexibility index (Phi) is 8.40. The van der Waals surface area contributed by atoms with Gasteiger partial charge in [0, 0.05) is 6.54 Å². The van der Waals surface area contributed by atoms with Gasteiger partial charge in [0.25, 0.3) is 0 Å². The van der Waals surface area contributed by atoms with Crippen molar-refractivity contribution in [2.24, 2.45) is 5.41 Å². The zero-order valence-electron chi connectivity index (χ0n) is 12.3. The maximum absolute atomic E-state index is 12.0. The summed E-state index contributed by atoms with van der Waals surface area (Å²) in [4.78, 5) is 14.3. The van der Waals surface area contributed by atoms with Crippen LogP contribution in [0.15, 0.2) is 0 Å². The molecule has 0 rings (SSSR count). The van der Waals surface area contributed by atoms with E-state index in [1.54, 1.807) is 0 Å². The Morgan fingerprint density at radius 3 is 2.17 bits per heavy atom. The Balaban J connectivity index is 4.07. The number of hydrogen-bond acceptors (Lipinski definition) is 3. The second kappa shape index (κ2) is 8.93. The predicted octanol–water partition coefficient (Wildman–Crippen LogP) is 2.16. The molecule has 0 aliphatic heterocycles. The van der Waals surface area contributed by atoms with Crippen molar-refractivity contribution >= 4 is 5.91 Å². The zero-order valence-corrected chi connectivity index (χ0v) is 12.3. The Bertz CT molecular complexity index is 275. The van der Waals surface area contributed by atoms with E-state index in [1.165, 1.54) is 0 Å². The van der Waals surface area contributed by atoms with Crippen LogP contribution in [0.3, 0.4) is 0 Å². The van der Waals surface area contributed by atoms with Crippen molar-refractivity contribution in [2.75, 3.05) is 26.2 Å². The first-order valence-corrected chi connectivity index (χ1v) is 7.02. The summed E-state index contributed by atoms with van der Waals surface area (Å²) in [7, 11) is 0. The molecule has 0 aliphatic carbocycles. The second-order valence-electron chi connectivity index (χ2n) is 4.54. The van der Waals surface area contributed by atoms with E-state index in [9.17, 15) is 4.79 Å².